The van der Waals surface area contributed by atoms with Crippen LogP contribution in [0.1, 0.15) is 37.2 Å². The first-order chi connectivity index (χ1) is 14.3. The van der Waals surface area contributed by atoms with Gasteiger partial charge in [0.15, 0.2) is 11.5 Å². The van der Waals surface area contributed by atoms with Crippen molar-refractivity contribution in [2.24, 2.45) is 10.2 Å². The molecule has 0 unspecified atom stereocenters. The number of hydrazone groups is 2. The Morgan fingerprint density at radius 2 is 1.23 bits per heavy atom. The van der Waals surface area contributed by atoms with E-state index >= 15 is 0 Å². The van der Waals surface area contributed by atoms with Crippen molar-refractivity contribution >= 4 is 36.0 Å². The minimum absolute atomic E-state index is 0.113. The zero-order chi connectivity index (χ0) is 21.9. The van der Waals surface area contributed by atoms with Crippen molar-refractivity contribution in [2.45, 2.75) is 25.7 Å². The zero-order valence-corrected chi connectivity index (χ0v) is 15.3. The first-order valence-electron chi connectivity index (χ1n) is 8.47. The molecule has 14 nitrogen and oxygen atoms in total. The summed E-state index contributed by atoms with van der Waals surface area (Å²) in [5.41, 5.74) is 4.48. The molecule has 2 amide bonds. The summed E-state index contributed by atoms with van der Waals surface area (Å²) in [7, 11) is 0. The van der Waals surface area contributed by atoms with Gasteiger partial charge in [0.1, 0.15) is 9.85 Å². The molecule has 0 bridgehead atoms. The highest BCUT2D eigenvalue weighted by Gasteiger charge is 2.11. The van der Waals surface area contributed by atoms with Gasteiger partial charge in [0.2, 0.25) is 11.8 Å². The predicted octanol–water partition coefficient (Wildman–Crippen LogP) is 1.85. The molecule has 158 valence electrons. The molecular formula is C16H16N6O8. The van der Waals surface area contributed by atoms with Crippen LogP contribution in [0.5, 0.6) is 0 Å². The summed E-state index contributed by atoms with van der Waals surface area (Å²) in [5, 5.41) is 28.2. The Hall–Kier alpha value is -4.36. The van der Waals surface area contributed by atoms with Gasteiger partial charge in [-0.2, -0.15) is 10.2 Å². The summed E-state index contributed by atoms with van der Waals surface area (Å²) in [6.07, 6.45) is 3.31. The minimum Gasteiger partial charge on any atom is -0.400 e. The number of hydrogen-bond acceptors (Lipinski definition) is 10. The van der Waals surface area contributed by atoms with Gasteiger partial charge in [0.05, 0.1) is 24.6 Å². The molecule has 2 heterocycles. The van der Waals surface area contributed by atoms with Crippen molar-refractivity contribution in [2.75, 3.05) is 0 Å². The van der Waals surface area contributed by atoms with Crippen LogP contribution in [0.25, 0.3) is 0 Å². The molecule has 0 saturated carbocycles. The molecule has 2 rings (SSSR count). The Morgan fingerprint density at radius 3 is 1.57 bits per heavy atom. The highest BCUT2D eigenvalue weighted by atomic mass is 16.7. The van der Waals surface area contributed by atoms with Crippen LogP contribution in [0.2, 0.25) is 0 Å². The fraction of sp³-hybridized carbons (Fsp3) is 0.250. The molecule has 0 fully saturated rings. The molecule has 0 aliphatic heterocycles. The van der Waals surface area contributed by atoms with Gasteiger partial charge in [-0.25, -0.2) is 10.9 Å². The number of amides is 2. The van der Waals surface area contributed by atoms with E-state index in [1.807, 2.05) is 0 Å². The molecule has 14 heteroatoms. The van der Waals surface area contributed by atoms with E-state index in [9.17, 15) is 29.8 Å². The number of nitrogens with one attached hydrogen (secondary N) is 2. The highest BCUT2D eigenvalue weighted by molar-refractivity contribution is 5.81. The maximum atomic E-state index is 11.6. The van der Waals surface area contributed by atoms with Gasteiger partial charge in [-0.3, -0.25) is 29.8 Å². The number of nitro groups is 2. The quantitative estimate of drug-likeness (QED) is 0.237. The first-order valence-corrected chi connectivity index (χ1v) is 8.47. The van der Waals surface area contributed by atoms with E-state index in [2.05, 4.69) is 21.1 Å². The lowest BCUT2D eigenvalue weighted by atomic mass is 10.2. The third-order valence-corrected chi connectivity index (χ3v) is 3.40. The van der Waals surface area contributed by atoms with Crippen LogP contribution in [0.15, 0.2) is 43.3 Å². The summed E-state index contributed by atoms with van der Waals surface area (Å²) >= 11 is 0. The maximum Gasteiger partial charge on any atom is 0.433 e. The molecule has 30 heavy (non-hydrogen) atoms. The second-order valence-electron chi connectivity index (χ2n) is 5.66. The zero-order valence-electron chi connectivity index (χ0n) is 15.3. The number of rotatable bonds is 11. The van der Waals surface area contributed by atoms with Crippen LogP contribution in [-0.2, 0) is 9.59 Å². The van der Waals surface area contributed by atoms with Gasteiger partial charge in [-0.1, -0.05) is 0 Å². The fourth-order valence-electron chi connectivity index (χ4n) is 2.04. The summed E-state index contributed by atoms with van der Waals surface area (Å²) < 4.78 is 9.67. The number of unbranched alkanes of at least 4 members (excludes halogenated alkanes) is 1. The Balaban J connectivity index is 1.59. The van der Waals surface area contributed by atoms with Crippen molar-refractivity contribution in [3.63, 3.8) is 0 Å². The van der Waals surface area contributed by atoms with E-state index in [-0.39, 0.29) is 24.4 Å². The smallest absolute Gasteiger partial charge is 0.400 e. The van der Waals surface area contributed by atoms with Gasteiger partial charge in [-0.15, -0.1) is 0 Å². The number of nitrogens with zero attached hydrogens (tertiary/aromatic N) is 4. The summed E-state index contributed by atoms with van der Waals surface area (Å²) in [6.45, 7) is 0. The fourth-order valence-corrected chi connectivity index (χ4v) is 2.04. The molecule has 0 atom stereocenters. The molecule has 2 aromatic rings. The van der Waals surface area contributed by atoms with Crippen molar-refractivity contribution in [1.29, 1.82) is 0 Å². The van der Waals surface area contributed by atoms with Gasteiger partial charge in [-0.05, 0) is 25.0 Å². The predicted molar refractivity (Wildman–Crippen MR) is 101 cm³/mol. The van der Waals surface area contributed by atoms with Crippen LogP contribution in [0.3, 0.4) is 0 Å². The van der Waals surface area contributed by atoms with Crippen LogP contribution in [0, 0.1) is 20.2 Å². The van der Waals surface area contributed by atoms with E-state index in [0.717, 1.165) is 24.6 Å². The Kier molecular flexibility index (Phi) is 7.93. The van der Waals surface area contributed by atoms with E-state index in [4.69, 9.17) is 8.83 Å². The Bertz CT molecular complexity index is 898. The normalized spacial score (nSPS) is 11.1. The van der Waals surface area contributed by atoms with Gasteiger partial charge in [0.25, 0.3) is 0 Å². The standard InChI is InChI=1S/C16H16N6O8/c23-13(19-17-9-11-5-7-15(29-11)21(25)26)3-1-2-4-14(24)20-18-10-12-6-8-16(30-12)22(27)28/h5-10H,1-4H2,(H,19,23)(H,20,24)/b17-9+,18-10+. The number of hydrogen-bond donors (Lipinski definition) is 2. The molecular weight excluding hydrogens is 404 g/mol. The van der Waals surface area contributed by atoms with E-state index in [1.54, 1.807) is 0 Å². The van der Waals surface area contributed by atoms with Crippen molar-refractivity contribution in [3.8, 4) is 0 Å². The van der Waals surface area contributed by atoms with E-state index in [0.29, 0.717) is 12.8 Å². The maximum absolute atomic E-state index is 11.6. The van der Waals surface area contributed by atoms with Crippen LogP contribution < -0.4 is 10.9 Å². The average molecular weight is 420 g/mol. The lowest BCUT2D eigenvalue weighted by molar-refractivity contribution is -0.402. The molecule has 0 saturated heterocycles. The van der Waals surface area contributed by atoms with E-state index in [1.165, 1.54) is 12.1 Å². The molecule has 2 aromatic heterocycles. The number of furan rings is 2. The minimum atomic E-state index is -0.694. The molecule has 0 aliphatic carbocycles. The lowest BCUT2D eigenvalue weighted by Crippen LogP contribution is -2.18. The van der Waals surface area contributed by atoms with Gasteiger partial charge in [0, 0.05) is 12.8 Å². The van der Waals surface area contributed by atoms with Crippen LogP contribution in [0.4, 0.5) is 11.8 Å². The van der Waals surface area contributed by atoms with Gasteiger partial charge >= 0.3 is 11.8 Å². The van der Waals surface area contributed by atoms with Crippen molar-refractivity contribution in [3.05, 3.63) is 56.0 Å². The second kappa shape index (κ2) is 10.8. The van der Waals surface area contributed by atoms with Crippen molar-refractivity contribution in [1.82, 2.24) is 10.9 Å². The third-order valence-electron chi connectivity index (χ3n) is 3.40. The Labute approximate surface area is 167 Å². The van der Waals surface area contributed by atoms with E-state index < -0.39 is 33.4 Å². The number of carbonyl (C=O) groups is 2. The molecule has 0 aromatic carbocycles. The topological polar surface area (TPSA) is 195 Å². The lowest BCUT2D eigenvalue weighted by Gasteiger charge is -2.00. The molecule has 0 aliphatic rings. The number of carbonyl (C=O) groups excluding carboxylic acids is 2. The largest absolute Gasteiger partial charge is 0.433 e. The third kappa shape index (κ3) is 7.34. The van der Waals surface area contributed by atoms with Gasteiger partial charge < -0.3 is 8.83 Å². The van der Waals surface area contributed by atoms with Crippen LogP contribution >= 0.6 is 0 Å². The summed E-state index contributed by atoms with van der Waals surface area (Å²) in [4.78, 5) is 42.8. The van der Waals surface area contributed by atoms with Crippen molar-refractivity contribution < 1.29 is 28.3 Å². The monoisotopic (exact) mass is 420 g/mol. The summed E-state index contributed by atoms with van der Waals surface area (Å²) in [5.74, 6) is -1.44. The molecule has 2 N–H and O–H groups in total. The molecule has 0 radical (unpaired) electrons. The average Bonchev–Trinajstić information content (AvgIpc) is 3.35. The molecule has 0 spiro atoms. The highest BCUT2D eigenvalue weighted by Crippen LogP contribution is 2.14. The summed E-state index contributed by atoms with van der Waals surface area (Å²) in [6, 6.07) is 5.00. The SMILES string of the molecule is O=C(CCCCC(=O)N/N=C/c1ccc([N+](=O)[O-])o1)N/N=C/c1ccc([N+](=O)[O-])o1. The second-order valence-corrected chi connectivity index (χ2v) is 5.66. The first kappa shape index (κ1) is 21.9. The van der Waals surface area contributed by atoms with Crippen LogP contribution in [-0.4, -0.2) is 34.1 Å². The Morgan fingerprint density at radius 1 is 0.833 bits per heavy atom.